The Labute approximate surface area is 271 Å². The fraction of sp³-hybridized carbons (Fsp3) is 0.700. The maximum Gasteiger partial charge on any atom is 3.00 e. The summed E-state index contributed by atoms with van der Waals surface area (Å²) in [6, 6.07) is 0. The van der Waals surface area contributed by atoms with Gasteiger partial charge in [0.2, 0.25) is 0 Å². The quantitative estimate of drug-likeness (QED) is 0.145. The Morgan fingerprint density at radius 3 is 0.692 bits per heavy atom. The molecular weight excluding hydrogens is 1080 g/mol. The number of imidazole rings is 1. The normalized spacial score (nSPS) is 10.6. The van der Waals surface area contributed by atoms with Crippen LogP contribution in [0.4, 0.5) is 0 Å². The molecule has 20 nitrogen and oxygen atoms in total. The van der Waals surface area contributed by atoms with Crippen LogP contribution in [0.5, 0.6) is 0 Å². The molecule has 0 saturated heterocycles. The summed E-state index contributed by atoms with van der Waals surface area (Å²) in [6.07, 6.45) is 7.31. The zero-order valence-corrected chi connectivity index (χ0v) is 33.4. The van der Waals surface area contributed by atoms with Crippen LogP contribution < -0.4 is 0 Å². The van der Waals surface area contributed by atoms with Crippen molar-refractivity contribution in [3.63, 3.8) is 0 Å². The van der Waals surface area contributed by atoms with Crippen LogP contribution in [0.3, 0.4) is 0 Å². The molecule has 0 bridgehead atoms. The van der Waals surface area contributed by atoms with E-state index >= 15 is 0 Å². The Morgan fingerprint density at radius 1 is 0.538 bits per heavy atom. The molecule has 1 aromatic rings. The van der Waals surface area contributed by atoms with E-state index in [1.54, 1.807) is 0 Å². The van der Waals surface area contributed by atoms with E-state index in [-0.39, 0.29) is 52.4 Å². The van der Waals surface area contributed by atoms with Gasteiger partial charge < -0.3 is 36.9 Å². The van der Waals surface area contributed by atoms with Crippen molar-refractivity contribution in [2.75, 3.05) is 37.5 Å². The molecule has 234 valence electrons. The van der Waals surface area contributed by atoms with Crippen molar-refractivity contribution in [3.8, 4) is 0 Å². The van der Waals surface area contributed by atoms with Crippen molar-refractivity contribution in [3.05, 3.63) is 17.2 Å². The Morgan fingerprint density at radius 2 is 0.667 bits per heavy atom. The van der Waals surface area contributed by atoms with Gasteiger partial charge in [-0.2, -0.15) is 0 Å². The van der Waals surface area contributed by atoms with Crippen molar-refractivity contribution < 1.29 is 77.8 Å². The summed E-state index contributed by atoms with van der Waals surface area (Å²) in [4.78, 5) is 2.85. The summed E-state index contributed by atoms with van der Waals surface area (Å²) < 4.78 is 166. The molecule has 1 N–H and O–H groups in total. The van der Waals surface area contributed by atoms with Gasteiger partial charge in [-0.1, -0.05) is 0 Å². The molecule has 1 aromatic heterocycles. The molecule has 0 saturated carbocycles. The largest absolute Gasteiger partial charge is 3.00 e. The molecule has 0 aromatic carbocycles. The molecule has 0 aliphatic carbocycles. The Balaban J connectivity index is -0.0000000478. The van der Waals surface area contributed by atoms with Gasteiger partial charge in [0.15, 0.2) is 4.77 Å². The van der Waals surface area contributed by atoms with Gasteiger partial charge in [-0.25, -0.2) is 50.5 Å². The first kappa shape index (κ1) is 59.1. The molecule has 0 unspecified atom stereocenters. The molecule has 1 heterocycles. The van der Waals surface area contributed by atoms with E-state index in [1.807, 2.05) is 24.0 Å². The van der Waals surface area contributed by atoms with Gasteiger partial charge in [-0.3, -0.25) is 0 Å². The number of aromatic nitrogens is 2. The van der Waals surface area contributed by atoms with Crippen molar-refractivity contribution in [2.24, 2.45) is 7.05 Å². The van der Waals surface area contributed by atoms with Gasteiger partial charge in [0.05, 0.1) is 60.7 Å². The second-order valence-corrected chi connectivity index (χ2v) is 14.4. The summed E-state index contributed by atoms with van der Waals surface area (Å²) in [7, 11) is -21.6. The fourth-order valence-corrected chi connectivity index (χ4v) is 0.519. The van der Waals surface area contributed by atoms with E-state index in [4.69, 9.17) is 90.0 Å². The third-order valence-electron chi connectivity index (χ3n) is 0.825. The van der Waals surface area contributed by atoms with Crippen LogP contribution >= 0.6 is 12.2 Å². The monoisotopic (exact) mass is 1100 g/mol. The van der Waals surface area contributed by atoms with Crippen LogP contribution in [-0.2, 0) is 67.8 Å². The minimum atomic E-state index is -3.92. The van der Waals surface area contributed by atoms with E-state index in [0.29, 0.717) is 37.5 Å². The summed E-state index contributed by atoms with van der Waals surface area (Å²) >= 11 is 4.79. The molecule has 0 aliphatic rings. The van der Waals surface area contributed by atoms with Crippen LogP contribution in [0.1, 0.15) is 0 Å². The van der Waals surface area contributed by atoms with E-state index in [9.17, 15) is 0 Å². The molecule has 29 heteroatoms. The smallest absolute Gasteiger partial charge is 0.748 e. The van der Waals surface area contributed by atoms with Gasteiger partial charge in [0.1, 0.15) is 0 Å². The number of H-pyrrole nitrogens is 1. The third kappa shape index (κ3) is 457. The minimum Gasteiger partial charge on any atom is -0.748 e. The summed E-state index contributed by atoms with van der Waals surface area (Å²) in [5, 5.41) is 0. The predicted molar refractivity (Wildman–Crippen MR) is 136 cm³/mol. The Kier molecular flexibility index (Phi) is 39.9. The molecule has 1 rings (SSSR count). The number of nitrogens with one attached hydrogen (secondary N) is 1. The summed E-state index contributed by atoms with van der Waals surface area (Å²) in [5.74, 6) is 0. The number of nitrogens with zero attached hydrogens (tertiary/aromatic N) is 1. The summed E-state index contributed by atoms with van der Waals surface area (Å²) in [5.41, 5.74) is 0. The Bertz CT molecular complexity index is 1160. The first-order valence-corrected chi connectivity index (χ1v) is 18.8. The second-order valence-electron chi connectivity index (χ2n) is 5.60. The van der Waals surface area contributed by atoms with Gasteiger partial charge in [0, 0.05) is 57.0 Å². The fourth-order valence-electron chi connectivity index (χ4n) is 0.390. The number of hydrogen-bond donors (Lipinski definition) is 1. The van der Waals surface area contributed by atoms with Crippen molar-refractivity contribution in [1.82, 2.24) is 9.55 Å². The van der Waals surface area contributed by atoms with E-state index < -0.39 is 60.7 Å². The second kappa shape index (κ2) is 26.3. The first-order chi connectivity index (χ1) is 15.3. The average Bonchev–Trinajstić information content (AvgIpc) is 2.70. The van der Waals surface area contributed by atoms with Crippen LogP contribution in [0.2, 0.25) is 0 Å². The number of hydrogen-bond acceptors (Lipinski definition) is 19. The molecule has 0 atom stereocenters. The van der Waals surface area contributed by atoms with Crippen LogP contribution in [0.25, 0.3) is 0 Å². The molecular formula is C10H24Bi2N2O18S7. The number of aryl methyl sites for hydroxylation is 1. The maximum atomic E-state index is 9.08. The molecule has 4 radical (unpaired) electrons. The van der Waals surface area contributed by atoms with Crippen LogP contribution in [0, 0.1) is 4.77 Å². The standard InChI is InChI=1S/C4H6N2S.6CH4O3S.2Bi/c1-6-3-2-5-4(6)7;6*1-5(2,3)4;;/h2-3H,1H3,(H,5,7);6*1H3,(H,2,3,4);;/q;;;;;;;2*+3/p-6. The van der Waals surface area contributed by atoms with Crippen molar-refractivity contribution >= 4 is 125 Å². The minimum absolute atomic E-state index is 0. The molecule has 0 spiro atoms. The Hall–Kier alpha value is 0.656. The van der Waals surface area contributed by atoms with Gasteiger partial charge in [0.25, 0.3) is 0 Å². The maximum absolute atomic E-state index is 9.08. The number of aromatic amines is 1. The summed E-state index contributed by atoms with van der Waals surface area (Å²) in [6.45, 7) is 0. The van der Waals surface area contributed by atoms with Gasteiger partial charge >= 0.3 is 52.4 Å². The zero-order valence-electron chi connectivity index (χ0n) is 20.7. The van der Waals surface area contributed by atoms with E-state index in [0.717, 1.165) is 4.77 Å². The van der Waals surface area contributed by atoms with Crippen LogP contribution in [0.15, 0.2) is 12.4 Å². The van der Waals surface area contributed by atoms with E-state index in [1.165, 1.54) is 0 Å². The van der Waals surface area contributed by atoms with Crippen molar-refractivity contribution in [2.45, 2.75) is 0 Å². The molecule has 0 aliphatic heterocycles. The predicted octanol–water partition coefficient (Wildman–Crippen LogP) is -4.71. The zero-order chi connectivity index (χ0) is 32.3. The topological polar surface area (TPSA) is 364 Å². The van der Waals surface area contributed by atoms with Gasteiger partial charge in [-0.15, -0.1) is 0 Å². The van der Waals surface area contributed by atoms with E-state index in [2.05, 4.69) is 4.98 Å². The first-order valence-electron chi connectivity index (χ1n) is 7.45. The molecule has 39 heavy (non-hydrogen) atoms. The van der Waals surface area contributed by atoms with Crippen LogP contribution in [-0.4, -0.2) is 177 Å². The van der Waals surface area contributed by atoms with Crippen molar-refractivity contribution in [1.29, 1.82) is 0 Å². The SMILES string of the molecule is CS(=O)(=O)[O-].CS(=O)(=O)[O-].CS(=O)(=O)[O-].CS(=O)(=O)[O-].CS(=O)(=O)[O-].CS(=O)(=O)[O-].Cn1cc[nH]c1=S.[Bi+3].[Bi+3]. The molecule has 0 amide bonds. The average molecular weight is 1100 g/mol. The number of rotatable bonds is 0. The molecule has 0 fully saturated rings. The van der Waals surface area contributed by atoms with Gasteiger partial charge in [-0.05, 0) is 12.2 Å². The third-order valence-corrected chi connectivity index (χ3v) is 1.23.